The molecule has 1 fully saturated rings. The summed E-state index contributed by atoms with van der Waals surface area (Å²) in [5.74, 6) is 0.968. The Morgan fingerprint density at radius 1 is 1.22 bits per heavy atom. The third-order valence-corrected chi connectivity index (χ3v) is 4.28. The average molecular weight is 246 g/mol. The largest absolute Gasteiger partial charge is 0.398 e. The molecule has 1 aliphatic carbocycles. The van der Waals surface area contributed by atoms with Crippen molar-refractivity contribution >= 4 is 11.4 Å². The Kier molecular flexibility index (Phi) is 4.51. The van der Waals surface area contributed by atoms with Crippen LogP contribution < -0.4 is 11.1 Å². The minimum atomic E-state index is 0.638. The molecule has 1 saturated carbocycles. The number of benzene rings is 1. The Balaban J connectivity index is 1.90. The van der Waals surface area contributed by atoms with Crippen LogP contribution in [0.1, 0.15) is 51.0 Å². The van der Waals surface area contributed by atoms with E-state index in [1.165, 1.54) is 49.8 Å². The van der Waals surface area contributed by atoms with Gasteiger partial charge in [0.15, 0.2) is 0 Å². The molecule has 0 heterocycles. The molecule has 0 saturated heterocycles. The maximum Gasteiger partial charge on any atom is 0.0392 e. The lowest BCUT2D eigenvalue weighted by atomic mass is 9.83. The number of hydrogen-bond donors (Lipinski definition) is 2. The quantitative estimate of drug-likeness (QED) is 0.775. The molecule has 0 aromatic heterocycles. The Bertz CT molecular complexity index is 379. The van der Waals surface area contributed by atoms with E-state index in [4.69, 9.17) is 5.73 Å². The van der Waals surface area contributed by atoms with Crippen molar-refractivity contribution in [3.05, 3.63) is 23.8 Å². The van der Waals surface area contributed by atoms with Crippen molar-refractivity contribution in [2.24, 2.45) is 5.92 Å². The molecule has 2 heteroatoms. The van der Waals surface area contributed by atoms with E-state index in [0.717, 1.165) is 11.6 Å². The van der Waals surface area contributed by atoms with E-state index in [-0.39, 0.29) is 0 Å². The molecular weight excluding hydrogens is 220 g/mol. The third kappa shape index (κ3) is 3.18. The van der Waals surface area contributed by atoms with Crippen LogP contribution in [-0.4, -0.2) is 6.04 Å². The minimum absolute atomic E-state index is 0.638. The predicted octanol–water partition coefficient (Wildman–Crippen LogP) is 4.35. The topological polar surface area (TPSA) is 38.0 Å². The van der Waals surface area contributed by atoms with E-state index in [0.29, 0.717) is 6.04 Å². The van der Waals surface area contributed by atoms with Crippen LogP contribution in [0.5, 0.6) is 0 Å². The molecule has 1 aromatic rings. The number of rotatable bonds is 4. The van der Waals surface area contributed by atoms with Gasteiger partial charge in [0.05, 0.1) is 0 Å². The lowest BCUT2D eigenvalue weighted by Crippen LogP contribution is -2.26. The number of nitrogens with one attached hydrogen (secondary N) is 1. The Labute approximate surface area is 111 Å². The molecule has 2 nitrogen and oxygen atoms in total. The van der Waals surface area contributed by atoms with Crippen molar-refractivity contribution in [3.63, 3.8) is 0 Å². The fourth-order valence-electron chi connectivity index (χ4n) is 3.03. The second kappa shape index (κ2) is 6.12. The second-order valence-corrected chi connectivity index (χ2v) is 5.67. The summed E-state index contributed by atoms with van der Waals surface area (Å²) in [5, 5.41) is 3.67. The number of nitrogens with two attached hydrogens (primary N) is 1. The van der Waals surface area contributed by atoms with E-state index in [9.17, 15) is 0 Å². The van der Waals surface area contributed by atoms with Crippen LogP contribution in [0.25, 0.3) is 0 Å². The van der Waals surface area contributed by atoms with Gasteiger partial charge in [-0.2, -0.15) is 0 Å². The van der Waals surface area contributed by atoms with Crippen molar-refractivity contribution in [2.75, 3.05) is 11.1 Å². The Morgan fingerprint density at radius 3 is 2.61 bits per heavy atom. The van der Waals surface area contributed by atoms with Gasteiger partial charge in [-0.3, -0.25) is 0 Å². The van der Waals surface area contributed by atoms with Crippen LogP contribution in [0.15, 0.2) is 18.2 Å². The molecule has 0 bridgehead atoms. The normalized spacial score (nSPS) is 23.9. The van der Waals surface area contributed by atoms with E-state index < -0.39 is 0 Å². The van der Waals surface area contributed by atoms with Crippen molar-refractivity contribution < 1.29 is 0 Å². The summed E-state index contributed by atoms with van der Waals surface area (Å²) in [6.45, 7) is 4.39. The zero-order valence-electron chi connectivity index (χ0n) is 11.7. The molecule has 0 amide bonds. The second-order valence-electron chi connectivity index (χ2n) is 5.67. The first kappa shape index (κ1) is 13.3. The van der Waals surface area contributed by atoms with Gasteiger partial charge in [0, 0.05) is 17.4 Å². The van der Waals surface area contributed by atoms with Gasteiger partial charge in [0.1, 0.15) is 0 Å². The van der Waals surface area contributed by atoms with E-state index in [2.05, 4.69) is 25.2 Å². The van der Waals surface area contributed by atoms with Crippen molar-refractivity contribution in [3.8, 4) is 0 Å². The molecule has 0 spiro atoms. The highest BCUT2D eigenvalue weighted by molar-refractivity contribution is 5.63. The monoisotopic (exact) mass is 246 g/mol. The molecule has 0 radical (unpaired) electrons. The van der Waals surface area contributed by atoms with Crippen LogP contribution in [-0.2, 0) is 0 Å². The van der Waals surface area contributed by atoms with E-state index >= 15 is 0 Å². The number of anilines is 2. The van der Waals surface area contributed by atoms with Gasteiger partial charge in [0.25, 0.3) is 0 Å². The lowest BCUT2D eigenvalue weighted by molar-refractivity contribution is 0.319. The van der Waals surface area contributed by atoms with Crippen LogP contribution in [0.2, 0.25) is 0 Å². The van der Waals surface area contributed by atoms with E-state index in [1.54, 1.807) is 0 Å². The Morgan fingerprint density at radius 2 is 1.94 bits per heavy atom. The molecule has 18 heavy (non-hydrogen) atoms. The molecule has 3 N–H and O–H groups in total. The highest BCUT2D eigenvalue weighted by atomic mass is 14.9. The summed E-state index contributed by atoms with van der Waals surface area (Å²) in [7, 11) is 0. The lowest BCUT2D eigenvalue weighted by Gasteiger charge is -2.30. The summed E-state index contributed by atoms with van der Waals surface area (Å²) in [6, 6.07) is 6.79. The van der Waals surface area contributed by atoms with Gasteiger partial charge in [-0.25, -0.2) is 0 Å². The molecule has 0 aliphatic heterocycles. The van der Waals surface area contributed by atoms with Gasteiger partial charge >= 0.3 is 0 Å². The summed E-state index contributed by atoms with van der Waals surface area (Å²) >= 11 is 0. The zero-order chi connectivity index (χ0) is 13.0. The minimum Gasteiger partial charge on any atom is -0.398 e. The predicted molar refractivity (Wildman–Crippen MR) is 79.9 cm³/mol. The maximum atomic E-state index is 5.95. The van der Waals surface area contributed by atoms with Gasteiger partial charge in [0.2, 0.25) is 0 Å². The average Bonchev–Trinajstić information content (AvgIpc) is 2.38. The summed E-state index contributed by atoms with van der Waals surface area (Å²) in [4.78, 5) is 0. The highest BCUT2D eigenvalue weighted by Gasteiger charge is 2.20. The number of hydrogen-bond acceptors (Lipinski definition) is 2. The fourth-order valence-corrected chi connectivity index (χ4v) is 3.03. The first-order chi connectivity index (χ1) is 8.70. The summed E-state index contributed by atoms with van der Waals surface area (Å²) in [6.07, 6.45) is 8.11. The van der Waals surface area contributed by atoms with Crippen LogP contribution in [0, 0.1) is 12.8 Å². The fraction of sp³-hybridized carbons (Fsp3) is 0.625. The van der Waals surface area contributed by atoms with Crippen LogP contribution in [0.3, 0.4) is 0 Å². The molecule has 0 unspecified atom stereocenters. The first-order valence-corrected chi connectivity index (χ1v) is 7.32. The van der Waals surface area contributed by atoms with E-state index in [1.807, 2.05) is 12.1 Å². The van der Waals surface area contributed by atoms with Crippen LogP contribution in [0.4, 0.5) is 11.4 Å². The molecule has 2 rings (SSSR count). The highest BCUT2D eigenvalue weighted by Crippen LogP contribution is 2.30. The summed E-state index contributed by atoms with van der Waals surface area (Å²) in [5.41, 5.74) is 9.24. The van der Waals surface area contributed by atoms with Crippen molar-refractivity contribution in [1.29, 1.82) is 0 Å². The molecule has 1 aliphatic rings. The maximum absolute atomic E-state index is 5.95. The van der Waals surface area contributed by atoms with Crippen molar-refractivity contribution in [1.82, 2.24) is 0 Å². The standard InChI is InChI=1S/C16H26N2/c1-3-5-13-8-10-14(11-9-13)18-16-7-4-6-15(17)12(16)2/h4,6-7,13-14,18H,3,5,8-11,17H2,1-2H3. The number of nitrogen functional groups attached to an aromatic ring is 1. The van der Waals surface area contributed by atoms with Crippen molar-refractivity contribution in [2.45, 2.75) is 58.4 Å². The zero-order valence-corrected chi connectivity index (χ0v) is 11.7. The molecular formula is C16H26N2. The van der Waals surface area contributed by atoms with Gasteiger partial charge in [-0.15, -0.1) is 0 Å². The Hall–Kier alpha value is -1.18. The molecule has 100 valence electrons. The van der Waals surface area contributed by atoms with Gasteiger partial charge in [-0.1, -0.05) is 25.8 Å². The summed E-state index contributed by atoms with van der Waals surface area (Å²) < 4.78 is 0. The SMILES string of the molecule is CCCC1CCC(Nc2cccc(N)c2C)CC1. The molecule has 0 atom stereocenters. The van der Waals surface area contributed by atoms with Gasteiger partial charge < -0.3 is 11.1 Å². The smallest absolute Gasteiger partial charge is 0.0392 e. The third-order valence-electron chi connectivity index (χ3n) is 4.28. The first-order valence-electron chi connectivity index (χ1n) is 7.32. The van der Waals surface area contributed by atoms with Crippen LogP contribution >= 0.6 is 0 Å². The molecule has 1 aromatic carbocycles. The van der Waals surface area contributed by atoms with Gasteiger partial charge in [-0.05, 0) is 56.2 Å².